The van der Waals surface area contributed by atoms with Crippen LogP contribution in [-0.4, -0.2) is 4.98 Å². The van der Waals surface area contributed by atoms with E-state index >= 15 is 0 Å². The topological polar surface area (TPSA) is 51.2 Å². The van der Waals surface area contributed by atoms with Crippen LogP contribution in [0.3, 0.4) is 0 Å². The van der Waals surface area contributed by atoms with E-state index in [9.17, 15) is 0 Å². The van der Waals surface area contributed by atoms with E-state index in [0.29, 0.717) is 12.5 Å². The van der Waals surface area contributed by atoms with E-state index in [1.54, 1.807) is 0 Å². The van der Waals surface area contributed by atoms with Crippen LogP contribution in [0, 0.1) is 6.92 Å². The molecule has 0 aromatic carbocycles. The van der Waals surface area contributed by atoms with Gasteiger partial charge in [0.05, 0.1) is 11.7 Å². The summed E-state index contributed by atoms with van der Waals surface area (Å²) in [5, 5.41) is 3.39. The second-order valence-corrected chi connectivity index (χ2v) is 4.87. The number of aryl methyl sites for hydroxylation is 1. The molecule has 0 saturated heterocycles. The summed E-state index contributed by atoms with van der Waals surface area (Å²) in [4.78, 5) is 4.25. The van der Waals surface area contributed by atoms with Crippen molar-refractivity contribution in [2.75, 3.05) is 0 Å². The maximum atomic E-state index is 5.59. The second kappa shape index (κ2) is 5.40. The minimum atomic E-state index is 0.162. The van der Waals surface area contributed by atoms with E-state index in [0.717, 1.165) is 23.0 Å². The van der Waals surface area contributed by atoms with Crippen molar-refractivity contribution in [1.82, 2.24) is 10.3 Å². The van der Waals surface area contributed by atoms with Crippen LogP contribution in [0.25, 0.3) is 0 Å². The molecule has 0 aliphatic rings. The summed E-state index contributed by atoms with van der Waals surface area (Å²) in [5.74, 6) is 3.18. The van der Waals surface area contributed by atoms with Gasteiger partial charge in [-0.3, -0.25) is 0 Å². The van der Waals surface area contributed by atoms with Gasteiger partial charge in [0.25, 0.3) is 0 Å². The predicted molar refractivity (Wildman–Crippen MR) is 69.3 cm³/mol. The van der Waals surface area contributed by atoms with E-state index in [1.165, 1.54) is 6.39 Å². The number of aromatic nitrogens is 1. The van der Waals surface area contributed by atoms with Gasteiger partial charge >= 0.3 is 0 Å². The summed E-state index contributed by atoms with van der Waals surface area (Å²) in [5.41, 5.74) is 0.972. The van der Waals surface area contributed by atoms with Crippen LogP contribution in [0.15, 0.2) is 27.4 Å². The molecule has 1 atom stereocenters. The van der Waals surface area contributed by atoms with Crippen molar-refractivity contribution in [3.8, 4) is 0 Å². The molecule has 2 aromatic heterocycles. The van der Waals surface area contributed by atoms with E-state index in [4.69, 9.17) is 8.83 Å². The van der Waals surface area contributed by atoms with Gasteiger partial charge < -0.3 is 14.2 Å². The maximum absolute atomic E-state index is 5.59. The van der Waals surface area contributed by atoms with Crippen molar-refractivity contribution in [1.29, 1.82) is 0 Å². The van der Waals surface area contributed by atoms with Crippen molar-refractivity contribution >= 4 is 0 Å². The summed E-state index contributed by atoms with van der Waals surface area (Å²) >= 11 is 0. The van der Waals surface area contributed by atoms with Crippen LogP contribution in [-0.2, 0) is 6.54 Å². The first-order chi connectivity index (χ1) is 8.58. The Morgan fingerprint density at radius 2 is 2.06 bits per heavy atom. The first kappa shape index (κ1) is 12.9. The van der Waals surface area contributed by atoms with Gasteiger partial charge in [0, 0.05) is 12.5 Å². The number of hydrogen-bond donors (Lipinski definition) is 1. The van der Waals surface area contributed by atoms with Crippen LogP contribution in [0.4, 0.5) is 0 Å². The fourth-order valence-corrected chi connectivity index (χ4v) is 1.92. The molecule has 0 saturated carbocycles. The normalized spacial score (nSPS) is 13.2. The highest BCUT2D eigenvalue weighted by molar-refractivity contribution is 5.12. The molecule has 0 aliphatic heterocycles. The van der Waals surface area contributed by atoms with Crippen molar-refractivity contribution in [2.24, 2.45) is 0 Å². The van der Waals surface area contributed by atoms with Gasteiger partial charge in [0.1, 0.15) is 17.3 Å². The third-order valence-electron chi connectivity index (χ3n) is 2.96. The van der Waals surface area contributed by atoms with Crippen molar-refractivity contribution in [2.45, 2.75) is 46.2 Å². The fourth-order valence-electron chi connectivity index (χ4n) is 1.92. The lowest BCUT2D eigenvalue weighted by Gasteiger charge is -2.11. The third kappa shape index (κ3) is 2.82. The third-order valence-corrected chi connectivity index (χ3v) is 2.96. The zero-order valence-electron chi connectivity index (χ0n) is 11.4. The van der Waals surface area contributed by atoms with E-state index in [2.05, 4.69) is 31.1 Å². The second-order valence-electron chi connectivity index (χ2n) is 4.87. The number of nitrogens with one attached hydrogen (secondary N) is 1. The standard InChI is InChI=1S/C14H20N2O2/c1-9(2)14-12(16-8-17-14)7-15-11(4)13-6-5-10(3)18-13/h5-6,8-9,11,15H,7H2,1-4H3/t11-/m1/s1. The van der Waals surface area contributed by atoms with Gasteiger partial charge in [0.15, 0.2) is 6.39 Å². The smallest absolute Gasteiger partial charge is 0.181 e. The molecule has 4 heteroatoms. The number of oxazole rings is 1. The van der Waals surface area contributed by atoms with Crippen LogP contribution in [0.1, 0.15) is 55.7 Å². The Bertz CT molecular complexity index is 499. The molecule has 0 radical (unpaired) electrons. The number of rotatable bonds is 5. The zero-order valence-corrected chi connectivity index (χ0v) is 11.4. The highest BCUT2D eigenvalue weighted by atomic mass is 16.3. The van der Waals surface area contributed by atoms with Crippen LogP contribution >= 0.6 is 0 Å². The average molecular weight is 248 g/mol. The Balaban J connectivity index is 1.97. The molecule has 0 aliphatic carbocycles. The largest absolute Gasteiger partial charge is 0.465 e. The molecule has 2 heterocycles. The Morgan fingerprint density at radius 3 is 2.67 bits per heavy atom. The lowest BCUT2D eigenvalue weighted by Crippen LogP contribution is -2.18. The summed E-state index contributed by atoms with van der Waals surface area (Å²) in [6.07, 6.45) is 1.51. The SMILES string of the molecule is Cc1ccc([C@@H](C)NCc2ncoc2C(C)C)o1. The quantitative estimate of drug-likeness (QED) is 0.879. The van der Waals surface area contributed by atoms with Crippen molar-refractivity contribution in [3.05, 3.63) is 41.5 Å². The maximum Gasteiger partial charge on any atom is 0.181 e. The van der Waals surface area contributed by atoms with E-state index in [-0.39, 0.29) is 6.04 Å². The molecule has 2 aromatic rings. The van der Waals surface area contributed by atoms with Gasteiger partial charge in [0.2, 0.25) is 0 Å². The molecule has 0 amide bonds. The molecule has 0 fully saturated rings. The predicted octanol–water partition coefficient (Wildman–Crippen LogP) is 3.55. The summed E-state index contributed by atoms with van der Waals surface area (Å²) < 4.78 is 11.0. The highest BCUT2D eigenvalue weighted by Crippen LogP contribution is 2.20. The van der Waals surface area contributed by atoms with Crippen LogP contribution in [0.5, 0.6) is 0 Å². The lowest BCUT2D eigenvalue weighted by atomic mass is 10.1. The van der Waals surface area contributed by atoms with Crippen molar-refractivity contribution in [3.63, 3.8) is 0 Å². The molecule has 0 spiro atoms. The molecular weight excluding hydrogens is 228 g/mol. The van der Waals surface area contributed by atoms with Crippen molar-refractivity contribution < 1.29 is 8.83 Å². The first-order valence-corrected chi connectivity index (χ1v) is 6.30. The fraction of sp³-hybridized carbons (Fsp3) is 0.500. The minimum absolute atomic E-state index is 0.162. The Hall–Kier alpha value is -1.55. The molecule has 18 heavy (non-hydrogen) atoms. The monoisotopic (exact) mass is 248 g/mol. The van der Waals surface area contributed by atoms with Crippen LogP contribution in [0.2, 0.25) is 0 Å². The molecule has 1 N–H and O–H groups in total. The molecule has 0 unspecified atom stereocenters. The lowest BCUT2D eigenvalue weighted by molar-refractivity contribution is 0.412. The van der Waals surface area contributed by atoms with Gasteiger partial charge in [-0.05, 0) is 26.0 Å². The molecular formula is C14H20N2O2. The van der Waals surface area contributed by atoms with Gasteiger partial charge in [-0.15, -0.1) is 0 Å². The summed E-state index contributed by atoms with van der Waals surface area (Å²) in [6, 6.07) is 4.14. The molecule has 4 nitrogen and oxygen atoms in total. The Labute approximate surface area is 107 Å². The average Bonchev–Trinajstić information content (AvgIpc) is 2.94. The van der Waals surface area contributed by atoms with Gasteiger partial charge in [-0.2, -0.15) is 0 Å². The van der Waals surface area contributed by atoms with Gasteiger partial charge in [-0.25, -0.2) is 4.98 Å². The summed E-state index contributed by atoms with van der Waals surface area (Å²) in [7, 11) is 0. The number of furan rings is 1. The number of nitrogens with zero attached hydrogens (tertiary/aromatic N) is 1. The Kier molecular flexibility index (Phi) is 3.87. The van der Waals surface area contributed by atoms with Gasteiger partial charge in [-0.1, -0.05) is 13.8 Å². The molecule has 98 valence electrons. The van der Waals surface area contributed by atoms with E-state index < -0.39 is 0 Å². The summed E-state index contributed by atoms with van der Waals surface area (Å²) in [6.45, 7) is 8.91. The zero-order chi connectivity index (χ0) is 13.1. The minimum Gasteiger partial charge on any atom is -0.465 e. The Morgan fingerprint density at radius 1 is 1.28 bits per heavy atom. The molecule has 2 rings (SSSR count). The van der Waals surface area contributed by atoms with E-state index in [1.807, 2.05) is 19.1 Å². The first-order valence-electron chi connectivity index (χ1n) is 6.30. The molecule has 0 bridgehead atoms. The number of hydrogen-bond acceptors (Lipinski definition) is 4. The van der Waals surface area contributed by atoms with Crippen LogP contribution < -0.4 is 5.32 Å². The highest BCUT2D eigenvalue weighted by Gasteiger charge is 2.14.